The predicted molar refractivity (Wildman–Crippen MR) is 92.6 cm³/mol. The predicted octanol–water partition coefficient (Wildman–Crippen LogP) is 2.77. The van der Waals surface area contributed by atoms with E-state index in [0.29, 0.717) is 18.2 Å². The summed E-state index contributed by atoms with van der Waals surface area (Å²) in [4.78, 5) is 10.1. The molecule has 1 aliphatic heterocycles. The van der Waals surface area contributed by atoms with Crippen molar-refractivity contribution in [1.82, 2.24) is 14.5 Å². The number of nitrogens with two attached hydrogens (primary N) is 1. The van der Waals surface area contributed by atoms with Gasteiger partial charge >= 0.3 is 0 Å². The SMILES string of the molecule is N[C@@H]1CN(c2nc3cc(F)cc(F)c3n2Cc2ccc(F)cn2)CCC1F. The molecule has 0 bridgehead atoms. The molecule has 1 unspecified atom stereocenters. The fourth-order valence-electron chi connectivity index (χ4n) is 3.36. The molecule has 2 aromatic heterocycles. The first-order valence-corrected chi connectivity index (χ1v) is 8.52. The number of pyridine rings is 1. The van der Waals surface area contributed by atoms with Crippen LogP contribution in [0.5, 0.6) is 0 Å². The number of rotatable bonds is 3. The minimum atomic E-state index is -1.12. The van der Waals surface area contributed by atoms with Crippen molar-refractivity contribution in [3.05, 3.63) is 53.6 Å². The van der Waals surface area contributed by atoms with Crippen LogP contribution in [0.4, 0.5) is 23.5 Å². The summed E-state index contributed by atoms with van der Waals surface area (Å²) in [6.07, 6.45) is 0.164. The fourth-order valence-corrected chi connectivity index (χ4v) is 3.36. The molecule has 1 aromatic carbocycles. The van der Waals surface area contributed by atoms with Crippen LogP contribution in [0.25, 0.3) is 11.0 Å². The minimum absolute atomic E-state index is 0.0967. The van der Waals surface area contributed by atoms with Gasteiger partial charge < -0.3 is 15.2 Å². The Hall–Kier alpha value is -2.68. The van der Waals surface area contributed by atoms with Gasteiger partial charge in [0, 0.05) is 25.2 Å². The number of anilines is 1. The molecule has 1 aliphatic rings. The highest BCUT2D eigenvalue weighted by Crippen LogP contribution is 2.29. The van der Waals surface area contributed by atoms with E-state index in [0.717, 1.165) is 18.3 Å². The molecular formula is C18H17F4N5. The van der Waals surface area contributed by atoms with E-state index in [1.807, 2.05) is 0 Å². The second-order valence-electron chi connectivity index (χ2n) is 6.64. The Morgan fingerprint density at radius 1 is 1.15 bits per heavy atom. The second kappa shape index (κ2) is 6.80. The molecule has 1 fully saturated rings. The molecule has 2 N–H and O–H groups in total. The first kappa shape index (κ1) is 17.7. The van der Waals surface area contributed by atoms with Crippen molar-refractivity contribution in [2.24, 2.45) is 5.73 Å². The number of piperidine rings is 1. The lowest BCUT2D eigenvalue weighted by Gasteiger charge is -2.34. The van der Waals surface area contributed by atoms with Crippen molar-refractivity contribution in [3.8, 4) is 0 Å². The molecule has 27 heavy (non-hydrogen) atoms. The highest BCUT2D eigenvalue weighted by atomic mass is 19.1. The summed E-state index contributed by atoms with van der Waals surface area (Å²) in [7, 11) is 0. The monoisotopic (exact) mass is 379 g/mol. The number of alkyl halides is 1. The van der Waals surface area contributed by atoms with Crippen molar-refractivity contribution in [1.29, 1.82) is 0 Å². The first-order valence-electron chi connectivity index (χ1n) is 8.52. The van der Waals surface area contributed by atoms with Crippen LogP contribution in [-0.4, -0.2) is 39.8 Å². The van der Waals surface area contributed by atoms with Gasteiger partial charge in [0.15, 0.2) is 5.82 Å². The minimum Gasteiger partial charge on any atom is -0.340 e. The zero-order valence-corrected chi connectivity index (χ0v) is 14.2. The molecule has 0 spiro atoms. The Bertz CT molecular complexity index is 972. The molecule has 0 aliphatic carbocycles. The molecule has 3 heterocycles. The maximum absolute atomic E-state index is 14.5. The standard InChI is InChI=1S/C18H17F4N5/c19-10-1-2-12(24-7-10)8-27-17-14(22)5-11(20)6-16(17)25-18(27)26-4-3-13(21)15(23)9-26/h1-2,5-7,13,15H,3-4,8-9,23H2/t13?,15-/m1/s1. The summed E-state index contributed by atoms with van der Waals surface area (Å²) in [5, 5.41) is 0. The second-order valence-corrected chi connectivity index (χ2v) is 6.64. The van der Waals surface area contributed by atoms with E-state index < -0.39 is 29.7 Å². The number of fused-ring (bicyclic) bond motifs is 1. The van der Waals surface area contributed by atoms with E-state index in [2.05, 4.69) is 9.97 Å². The number of halogens is 4. The third kappa shape index (κ3) is 3.34. The Morgan fingerprint density at radius 2 is 1.96 bits per heavy atom. The Balaban J connectivity index is 1.82. The van der Waals surface area contributed by atoms with E-state index in [1.54, 1.807) is 4.90 Å². The smallest absolute Gasteiger partial charge is 0.207 e. The number of imidazole rings is 1. The molecule has 2 atom stereocenters. The van der Waals surface area contributed by atoms with Gasteiger partial charge in [-0.05, 0) is 18.6 Å². The quantitative estimate of drug-likeness (QED) is 0.711. The molecule has 0 amide bonds. The van der Waals surface area contributed by atoms with Crippen LogP contribution < -0.4 is 10.6 Å². The number of hydrogen-bond donors (Lipinski definition) is 1. The van der Waals surface area contributed by atoms with Gasteiger partial charge in [-0.1, -0.05) is 0 Å². The lowest BCUT2D eigenvalue weighted by molar-refractivity contribution is 0.243. The lowest BCUT2D eigenvalue weighted by atomic mass is 10.1. The number of aromatic nitrogens is 3. The van der Waals surface area contributed by atoms with Crippen LogP contribution in [0, 0.1) is 17.5 Å². The molecular weight excluding hydrogens is 362 g/mol. The summed E-state index contributed by atoms with van der Waals surface area (Å²) < 4.78 is 56.6. The van der Waals surface area contributed by atoms with E-state index in [9.17, 15) is 17.6 Å². The van der Waals surface area contributed by atoms with Gasteiger partial charge in [0.1, 0.15) is 23.3 Å². The van der Waals surface area contributed by atoms with Crippen molar-refractivity contribution in [2.45, 2.75) is 25.2 Å². The van der Waals surface area contributed by atoms with E-state index >= 15 is 0 Å². The first-order chi connectivity index (χ1) is 12.9. The summed E-state index contributed by atoms with van der Waals surface area (Å²) in [6, 6.07) is 3.95. The van der Waals surface area contributed by atoms with Gasteiger partial charge in [0.05, 0.1) is 30.0 Å². The van der Waals surface area contributed by atoms with Gasteiger partial charge in [0.25, 0.3) is 0 Å². The molecule has 3 aromatic rings. The molecule has 0 saturated carbocycles. The van der Waals surface area contributed by atoms with Crippen LogP contribution in [-0.2, 0) is 6.54 Å². The van der Waals surface area contributed by atoms with Crippen molar-refractivity contribution in [2.75, 3.05) is 18.0 Å². The van der Waals surface area contributed by atoms with Crippen LogP contribution in [0.2, 0.25) is 0 Å². The van der Waals surface area contributed by atoms with E-state index in [4.69, 9.17) is 5.73 Å². The summed E-state index contributed by atoms with van der Waals surface area (Å²) >= 11 is 0. The number of hydrogen-bond acceptors (Lipinski definition) is 4. The van der Waals surface area contributed by atoms with Crippen molar-refractivity contribution < 1.29 is 17.6 Å². The Kier molecular flexibility index (Phi) is 4.47. The van der Waals surface area contributed by atoms with Gasteiger partial charge in [-0.25, -0.2) is 22.5 Å². The highest BCUT2D eigenvalue weighted by Gasteiger charge is 2.30. The normalized spacial score (nSPS) is 20.4. The van der Waals surface area contributed by atoms with Crippen LogP contribution in [0.15, 0.2) is 30.5 Å². The molecule has 142 valence electrons. The average molecular weight is 379 g/mol. The largest absolute Gasteiger partial charge is 0.340 e. The number of nitrogens with zero attached hydrogens (tertiary/aromatic N) is 4. The fraction of sp³-hybridized carbons (Fsp3) is 0.333. The Morgan fingerprint density at radius 3 is 2.67 bits per heavy atom. The maximum Gasteiger partial charge on any atom is 0.207 e. The van der Waals surface area contributed by atoms with Gasteiger partial charge in [-0.15, -0.1) is 0 Å². The van der Waals surface area contributed by atoms with Crippen molar-refractivity contribution in [3.63, 3.8) is 0 Å². The molecule has 4 rings (SSSR count). The zero-order valence-electron chi connectivity index (χ0n) is 14.2. The molecule has 0 radical (unpaired) electrons. The van der Waals surface area contributed by atoms with E-state index in [1.165, 1.54) is 16.7 Å². The summed E-state index contributed by atoms with van der Waals surface area (Å²) in [6.45, 7) is 0.643. The molecule has 1 saturated heterocycles. The molecule has 9 heteroatoms. The zero-order chi connectivity index (χ0) is 19.1. The lowest BCUT2D eigenvalue weighted by Crippen LogP contribution is -2.50. The highest BCUT2D eigenvalue weighted by molar-refractivity contribution is 5.80. The van der Waals surface area contributed by atoms with Gasteiger partial charge in [0.2, 0.25) is 5.95 Å². The maximum atomic E-state index is 14.5. The third-order valence-electron chi connectivity index (χ3n) is 4.70. The third-order valence-corrected chi connectivity index (χ3v) is 4.70. The molecule has 5 nitrogen and oxygen atoms in total. The van der Waals surface area contributed by atoms with Crippen LogP contribution in [0.1, 0.15) is 12.1 Å². The van der Waals surface area contributed by atoms with Gasteiger partial charge in [-0.3, -0.25) is 4.98 Å². The van der Waals surface area contributed by atoms with E-state index in [-0.39, 0.29) is 30.5 Å². The Labute approximate surface area is 152 Å². The topological polar surface area (TPSA) is 60.0 Å². The summed E-state index contributed by atoms with van der Waals surface area (Å²) in [5.41, 5.74) is 6.55. The summed E-state index contributed by atoms with van der Waals surface area (Å²) in [5.74, 6) is -1.65. The van der Waals surface area contributed by atoms with Crippen LogP contribution >= 0.6 is 0 Å². The van der Waals surface area contributed by atoms with Crippen molar-refractivity contribution >= 4 is 17.0 Å². The van der Waals surface area contributed by atoms with Crippen LogP contribution in [0.3, 0.4) is 0 Å². The van der Waals surface area contributed by atoms with Gasteiger partial charge in [-0.2, -0.15) is 0 Å². The number of benzene rings is 1. The average Bonchev–Trinajstić information content (AvgIpc) is 2.97.